The molecule has 0 amide bonds. The van der Waals surface area contributed by atoms with Gasteiger partial charge >= 0.3 is 0 Å². The Labute approximate surface area is 116 Å². The van der Waals surface area contributed by atoms with Gasteiger partial charge in [0.25, 0.3) is 0 Å². The number of anilines is 1. The topological polar surface area (TPSA) is 71.1 Å². The van der Waals surface area contributed by atoms with Crippen molar-refractivity contribution in [2.24, 2.45) is 0 Å². The summed E-state index contributed by atoms with van der Waals surface area (Å²) >= 11 is 1.48. The molecule has 1 aromatic heterocycles. The van der Waals surface area contributed by atoms with Gasteiger partial charge in [-0.2, -0.15) is 0 Å². The number of hydrogen-bond acceptors (Lipinski definition) is 5. The number of nitrogens with one attached hydrogen (secondary N) is 2. The lowest BCUT2D eigenvalue weighted by Crippen LogP contribution is -2.23. The Morgan fingerprint density at radius 2 is 1.95 bits per heavy atom. The minimum absolute atomic E-state index is 0.217. The van der Waals surface area contributed by atoms with Gasteiger partial charge in [-0.1, -0.05) is 0 Å². The van der Waals surface area contributed by atoms with E-state index in [1.807, 2.05) is 6.92 Å². The first kappa shape index (κ1) is 14.0. The molecule has 1 heterocycles. The first-order chi connectivity index (χ1) is 9.01. The quantitative estimate of drug-likeness (QED) is 0.885. The second kappa shape index (κ2) is 5.68. The van der Waals surface area contributed by atoms with Crippen LogP contribution in [0.4, 0.5) is 5.69 Å². The normalized spacial score (nSPS) is 11.5. The molecule has 0 aliphatic rings. The highest BCUT2D eigenvalue weighted by atomic mass is 32.2. The van der Waals surface area contributed by atoms with Crippen LogP contribution in [-0.4, -0.2) is 20.4 Å². The van der Waals surface area contributed by atoms with Crippen molar-refractivity contribution in [2.75, 3.05) is 12.4 Å². The van der Waals surface area contributed by atoms with Crippen LogP contribution in [0.3, 0.4) is 0 Å². The maximum atomic E-state index is 12.1. The highest BCUT2D eigenvalue weighted by Crippen LogP contribution is 2.15. The van der Waals surface area contributed by atoms with Gasteiger partial charge in [0.15, 0.2) is 0 Å². The smallest absolute Gasteiger partial charge is 0.240 e. The fourth-order valence-corrected chi connectivity index (χ4v) is 3.33. The third kappa shape index (κ3) is 3.52. The molecule has 0 atom stereocenters. The maximum Gasteiger partial charge on any atom is 0.240 e. The van der Waals surface area contributed by atoms with E-state index in [-0.39, 0.29) is 11.4 Å². The number of aromatic nitrogens is 1. The van der Waals surface area contributed by atoms with Crippen molar-refractivity contribution in [3.8, 4) is 0 Å². The van der Waals surface area contributed by atoms with Gasteiger partial charge in [-0.05, 0) is 31.2 Å². The van der Waals surface area contributed by atoms with E-state index >= 15 is 0 Å². The number of benzene rings is 1. The van der Waals surface area contributed by atoms with Crippen molar-refractivity contribution in [3.05, 3.63) is 40.3 Å². The zero-order valence-electron chi connectivity index (χ0n) is 10.7. The highest BCUT2D eigenvalue weighted by molar-refractivity contribution is 7.89. The Morgan fingerprint density at radius 1 is 1.26 bits per heavy atom. The molecule has 0 bridgehead atoms. The van der Waals surface area contributed by atoms with Crippen LogP contribution < -0.4 is 10.0 Å². The maximum absolute atomic E-state index is 12.1. The molecule has 19 heavy (non-hydrogen) atoms. The average Bonchev–Trinajstić information content (AvgIpc) is 2.82. The minimum Gasteiger partial charge on any atom is -0.388 e. The van der Waals surface area contributed by atoms with Crippen molar-refractivity contribution in [3.63, 3.8) is 0 Å². The van der Waals surface area contributed by atoms with Gasteiger partial charge in [-0.3, -0.25) is 0 Å². The first-order valence-corrected chi connectivity index (χ1v) is 8.00. The van der Waals surface area contributed by atoms with Gasteiger partial charge in [0, 0.05) is 23.8 Å². The van der Waals surface area contributed by atoms with Crippen LogP contribution in [0.15, 0.2) is 35.4 Å². The van der Waals surface area contributed by atoms with E-state index in [1.165, 1.54) is 11.3 Å². The zero-order chi connectivity index (χ0) is 13.9. The van der Waals surface area contributed by atoms with Crippen LogP contribution in [0.5, 0.6) is 0 Å². The van der Waals surface area contributed by atoms with Crippen LogP contribution in [0.25, 0.3) is 0 Å². The van der Waals surface area contributed by atoms with Crippen LogP contribution >= 0.6 is 11.3 Å². The molecule has 7 heteroatoms. The molecular weight excluding hydrogens is 282 g/mol. The van der Waals surface area contributed by atoms with Crippen molar-refractivity contribution in [2.45, 2.75) is 18.4 Å². The Morgan fingerprint density at radius 3 is 2.47 bits per heavy atom. The minimum atomic E-state index is -3.49. The Kier molecular flexibility index (Phi) is 4.18. The highest BCUT2D eigenvalue weighted by Gasteiger charge is 2.14. The Hall–Kier alpha value is -1.44. The van der Waals surface area contributed by atoms with Gasteiger partial charge in [-0.25, -0.2) is 18.1 Å². The molecule has 0 saturated carbocycles. The summed E-state index contributed by atoms with van der Waals surface area (Å²) in [4.78, 5) is 5.43. The third-order valence-corrected chi connectivity index (χ3v) is 4.87. The van der Waals surface area contributed by atoms with Crippen LogP contribution in [0.2, 0.25) is 0 Å². The molecule has 0 aliphatic carbocycles. The standard InChI is InChI=1S/C12H15N3O2S2/c1-9-7-14-12(18-9)8-15-19(16,17)11-5-3-10(13-2)4-6-11/h3-7,13,15H,8H2,1-2H3. The molecule has 0 fully saturated rings. The number of thiazole rings is 1. The van der Waals surface area contributed by atoms with Crippen molar-refractivity contribution in [1.82, 2.24) is 9.71 Å². The second-order valence-electron chi connectivity index (χ2n) is 3.96. The van der Waals surface area contributed by atoms with Gasteiger partial charge in [-0.15, -0.1) is 11.3 Å². The molecule has 0 radical (unpaired) electrons. The zero-order valence-corrected chi connectivity index (χ0v) is 12.3. The molecule has 2 aromatic rings. The van der Waals surface area contributed by atoms with Crippen LogP contribution in [0.1, 0.15) is 9.88 Å². The third-order valence-electron chi connectivity index (χ3n) is 2.54. The molecule has 0 aliphatic heterocycles. The van der Waals surface area contributed by atoms with Crippen molar-refractivity contribution >= 4 is 27.0 Å². The van der Waals surface area contributed by atoms with Crippen LogP contribution in [0, 0.1) is 6.92 Å². The average molecular weight is 297 g/mol. The number of hydrogen-bond donors (Lipinski definition) is 2. The van der Waals surface area contributed by atoms with E-state index in [2.05, 4.69) is 15.0 Å². The van der Waals surface area contributed by atoms with Crippen molar-refractivity contribution in [1.29, 1.82) is 0 Å². The van der Waals surface area contributed by atoms with E-state index in [0.717, 1.165) is 15.6 Å². The summed E-state index contributed by atoms with van der Waals surface area (Å²) in [5.74, 6) is 0. The molecule has 0 spiro atoms. The Bertz CT molecular complexity index is 648. The summed E-state index contributed by atoms with van der Waals surface area (Å²) in [7, 11) is -1.70. The monoisotopic (exact) mass is 297 g/mol. The molecular formula is C12H15N3O2S2. The molecule has 102 valence electrons. The SMILES string of the molecule is CNc1ccc(S(=O)(=O)NCc2ncc(C)s2)cc1. The number of sulfonamides is 1. The summed E-state index contributed by atoms with van der Waals surface area (Å²) in [6.07, 6.45) is 1.73. The van der Waals surface area contributed by atoms with Crippen molar-refractivity contribution < 1.29 is 8.42 Å². The predicted molar refractivity (Wildman–Crippen MR) is 76.9 cm³/mol. The molecule has 2 N–H and O–H groups in total. The van der Waals surface area contributed by atoms with E-state index in [4.69, 9.17) is 0 Å². The summed E-state index contributed by atoms with van der Waals surface area (Å²) < 4.78 is 26.7. The number of aryl methyl sites for hydroxylation is 1. The van der Waals surface area contributed by atoms with Gasteiger partial charge in [0.1, 0.15) is 5.01 Å². The van der Waals surface area contributed by atoms with E-state index in [1.54, 1.807) is 37.5 Å². The number of rotatable bonds is 5. The van der Waals surface area contributed by atoms with E-state index < -0.39 is 10.0 Å². The van der Waals surface area contributed by atoms with Gasteiger partial charge in [0.05, 0.1) is 11.4 Å². The second-order valence-corrected chi connectivity index (χ2v) is 7.05. The van der Waals surface area contributed by atoms with E-state index in [9.17, 15) is 8.42 Å². The molecule has 5 nitrogen and oxygen atoms in total. The molecule has 0 unspecified atom stereocenters. The summed E-state index contributed by atoms with van der Waals surface area (Å²) in [5.41, 5.74) is 0.870. The lowest BCUT2D eigenvalue weighted by atomic mass is 10.3. The largest absolute Gasteiger partial charge is 0.388 e. The predicted octanol–water partition coefficient (Wildman–Crippen LogP) is 1.97. The fraction of sp³-hybridized carbons (Fsp3) is 0.250. The van der Waals surface area contributed by atoms with Crippen LogP contribution in [-0.2, 0) is 16.6 Å². The first-order valence-electron chi connectivity index (χ1n) is 5.70. The summed E-state index contributed by atoms with van der Waals surface area (Å²) in [5, 5.41) is 3.70. The fourth-order valence-electron chi connectivity index (χ4n) is 1.52. The lowest BCUT2D eigenvalue weighted by molar-refractivity contribution is 0.581. The molecule has 0 saturated heterocycles. The van der Waals surface area contributed by atoms with Gasteiger partial charge in [0.2, 0.25) is 10.0 Å². The number of nitrogens with zero attached hydrogens (tertiary/aromatic N) is 1. The summed E-state index contributed by atoms with van der Waals surface area (Å²) in [6, 6.07) is 6.59. The Balaban J connectivity index is 2.09. The molecule has 1 aromatic carbocycles. The van der Waals surface area contributed by atoms with Gasteiger partial charge < -0.3 is 5.32 Å². The van der Waals surface area contributed by atoms with E-state index in [0.29, 0.717) is 0 Å². The molecule has 2 rings (SSSR count). The summed E-state index contributed by atoms with van der Waals surface area (Å²) in [6.45, 7) is 2.15. The lowest BCUT2D eigenvalue weighted by Gasteiger charge is -2.06.